The standard InChI is InChI=1S/C19H12BrN5S/c1-11-15(9-13-3-2-8-21-17(13)22-11)18-23-19-25(24-18)16(10-26-19)12-4-6-14(20)7-5-12/h2-10H,1H3. The number of halogens is 1. The molecule has 5 nitrogen and oxygen atoms in total. The van der Waals surface area contributed by atoms with Gasteiger partial charge in [0.25, 0.3) is 0 Å². The maximum Gasteiger partial charge on any atom is 0.213 e. The van der Waals surface area contributed by atoms with Gasteiger partial charge in [-0.05, 0) is 37.3 Å². The fourth-order valence-corrected chi connectivity index (χ4v) is 4.03. The summed E-state index contributed by atoms with van der Waals surface area (Å²) in [5.74, 6) is 0.686. The van der Waals surface area contributed by atoms with Crippen molar-refractivity contribution in [1.29, 1.82) is 0 Å². The van der Waals surface area contributed by atoms with Crippen molar-refractivity contribution in [3.8, 4) is 22.6 Å². The minimum Gasteiger partial charge on any atom is -0.237 e. The fraction of sp³-hybridized carbons (Fsp3) is 0.0526. The lowest BCUT2D eigenvalue weighted by Gasteiger charge is -2.03. The van der Waals surface area contributed by atoms with Gasteiger partial charge in [0, 0.05) is 32.6 Å². The first-order chi connectivity index (χ1) is 12.7. The van der Waals surface area contributed by atoms with E-state index >= 15 is 0 Å². The molecule has 26 heavy (non-hydrogen) atoms. The van der Waals surface area contributed by atoms with Gasteiger partial charge >= 0.3 is 0 Å². The molecule has 5 aromatic rings. The molecule has 126 valence electrons. The second kappa shape index (κ2) is 5.96. The Morgan fingerprint density at radius 1 is 1.08 bits per heavy atom. The van der Waals surface area contributed by atoms with Crippen LogP contribution < -0.4 is 0 Å². The van der Waals surface area contributed by atoms with Crippen molar-refractivity contribution in [3.05, 3.63) is 64.2 Å². The normalized spacial score (nSPS) is 11.5. The van der Waals surface area contributed by atoms with Crippen LogP contribution in [-0.4, -0.2) is 24.6 Å². The van der Waals surface area contributed by atoms with Gasteiger partial charge in [-0.2, -0.15) is 4.98 Å². The summed E-state index contributed by atoms with van der Waals surface area (Å²) in [5, 5.41) is 7.82. The second-order valence-corrected chi connectivity index (χ2v) is 7.68. The Morgan fingerprint density at radius 2 is 1.92 bits per heavy atom. The first kappa shape index (κ1) is 15.6. The number of thiazole rings is 1. The van der Waals surface area contributed by atoms with E-state index in [1.807, 2.05) is 35.7 Å². The van der Waals surface area contributed by atoms with E-state index in [0.29, 0.717) is 5.82 Å². The molecule has 5 rings (SSSR count). The molecular weight excluding hydrogens is 410 g/mol. The Kier molecular flexibility index (Phi) is 3.58. The van der Waals surface area contributed by atoms with Crippen molar-refractivity contribution < 1.29 is 0 Å². The number of hydrogen-bond donors (Lipinski definition) is 0. The van der Waals surface area contributed by atoms with Gasteiger partial charge in [0.2, 0.25) is 4.96 Å². The van der Waals surface area contributed by atoms with Crippen molar-refractivity contribution in [2.24, 2.45) is 0 Å². The molecule has 0 spiro atoms. The lowest BCUT2D eigenvalue weighted by molar-refractivity contribution is 0.987. The molecule has 0 atom stereocenters. The minimum atomic E-state index is 0.686. The number of benzene rings is 1. The molecule has 0 fully saturated rings. The lowest BCUT2D eigenvalue weighted by Crippen LogP contribution is -1.94. The third kappa shape index (κ3) is 2.51. The molecule has 0 aliphatic rings. The molecule has 4 heterocycles. The molecular formula is C19H12BrN5S. The quantitative estimate of drug-likeness (QED) is 0.395. The van der Waals surface area contributed by atoms with Crippen molar-refractivity contribution in [1.82, 2.24) is 24.6 Å². The highest BCUT2D eigenvalue weighted by atomic mass is 79.9. The van der Waals surface area contributed by atoms with Gasteiger partial charge in [0.15, 0.2) is 11.5 Å². The first-order valence-electron chi connectivity index (χ1n) is 8.02. The Morgan fingerprint density at radius 3 is 2.77 bits per heavy atom. The van der Waals surface area contributed by atoms with E-state index in [0.717, 1.165) is 43.0 Å². The van der Waals surface area contributed by atoms with Crippen LogP contribution in [0.4, 0.5) is 0 Å². The molecule has 0 radical (unpaired) electrons. The molecule has 0 aliphatic carbocycles. The van der Waals surface area contributed by atoms with Crippen LogP contribution in [0.15, 0.2) is 58.5 Å². The lowest BCUT2D eigenvalue weighted by atomic mass is 10.1. The third-order valence-electron chi connectivity index (χ3n) is 4.24. The van der Waals surface area contributed by atoms with E-state index < -0.39 is 0 Å². The zero-order valence-corrected chi connectivity index (χ0v) is 16.1. The zero-order chi connectivity index (χ0) is 17.7. The van der Waals surface area contributed by atoms with Crippen LogP contribution in [0.2, 0.25) is 0 Å². The minimum absolute atomic E-state index is 0.686. The number of aromatic nitrogens is 5. The second-order valence-electron chi connectivity index (χ2n) is 5.93. The molecule has 1 aromatic carbocycles. The molecule has 0 amide bonds. The molecule has 0 N–H and O–H groups in total. The summed E-state index contributed by atoms with van der Waals surface area (Å²) in [4.78, 5) is 14.5. The smallest absolute Gasteiger partial charge is 0.213 e. The van der Waals surface area contributed by atoms with Crippen LogP contribution in [0.5, 0.6) is 0 Å². The van der Waals surface area contributed by atoms with Crippen molar-refractivity contribution in [3.63, 3.8) is 0 Å². The highest BCUT2D eigenvalue weighted by Crippen LogP contribution is 2.29. The van der Waals surface area contributed by atoms with E-state index in [4.69, 9.17) is 10.1 Å². The highest BCUT2D eigenvalue weighted by molar-refractivity contribution is 9.10. The number of rotatable bonds is 2. The van der Waals surface area contributed by atoms with Crippen LogP contribution in [0.3, 0.4) is 0 Å². The summed E-state index contributed by atoms with van der Waals surface area (Å²) < 4.78 is 2.95. The number of nitrogens with zero attached hydrogens (tertiary/aromatic N) is 5. The zero-order valence-electron chi connectivity index (χ0n) is 13.7. The molecule has 7 heteroatoms. The van der Waals surface area contributed by atoms with Crippen LogP contribution >= 0.6 is 27.3 Å². The first-order valence-corrected chi connectivity index (χ1v) is 9.69. The van der Waals surface area contributed by atoms with Crippen LogP contribution in [0.1, 0.15) is 5.69 Å². The maximum atomic E-state index is 4.75. The van der Waals surface area contributed by atoms with Crippen molar-refractivity contribution >= 4 is 43.3 Å². The number of aryl methyl sites for hydroxylation is 1. The van der Waals surface area contributed by atoms with E-state index in [-0.39, 0.29) is 0 Å². The maximum absolute atomic E-state index is 4.75. The summed E-state index contributed by atoms with van der Waals surface area (Å²) >= 11 is 5.06. The summed E-state index contributed by atoms with van der Waals surface area (Å²) in [6.07, 6.45) is 1.75. The third-order valence-corrected chi connectivity index (χ3v) is 5.59. The number of fused-ring (bicyclic) bond motifs is 2. The number of hydrogen-bond acceptors (Lipinski definition) is 5. The topological polar surface area (TPSA) is 56.0 Å². The van der Waals surface area contributed by atoms with Crippen LogP contribution in [0, 0.1) is 6.92 Å². The van der Waals surface area contributed by atoms with Gasteiger partial charge in [-0.25, -0.2) is 14.5 Å². The Hall–Kier alpha value is -2.64. The number of pyridine rings is 2. The molecule has 0 saturated heterocycles. The summed E-state index contributed by atoms with van der Waals surface area (Å²) in [6.45, 7) is 1.97. The SMILES string of the molecule is Cc1nc2ncccc2cc1-c1nc2scc(-c3ccc(Br)cc3)n2n1. The van der Waals surface area contributed by atoms with Gasteiger partial charge in [-0.1, -0.05) is 28.1 Å². The highest BCUT2D eigenvalue weighted by Gasteiger charge is 2.15. The summed E-state index contributed by atoms with van der Waals surface area (Å²) in [6, 6.07) is 14.2. The van der Waals surface area contributed by atoms with E-state index in [9.17, 15) is 0 Å². The predicted molar refractivity (Wildman–Crippen MR) is 107 cm³/mol. The Labute approximate surface area is 161 Å². The van der Waals surface area contributed by atoms with Gasteiger partial charge in [-0.15, -0.1) is 16.4 Å². The largest absolute Gasteiger partial charge is 0.237 e. The fourth-order valence-electron chi connectivity index (χ4n) is 2.94. The molecule has 0 aliphatic heterocycles. The van der Waals surface area contributed by atoms with E-state index in [1.54, 1.807) is 17.5 Å². The van der Waals surface area contributed by atoms with Gasteiger partial charge in [0.1, 0.15) is 0 Å². The van der Waals surface area contributed by atoms with Crippen molar-refractivity contribution in [2.75, 3.05) is 0 Å². The summed E-state index contributed by atoms with van der Waals surface area (Å²) in [5.41, 5.74) is 4.69. The Bertz CT molecular complexity index is 1260. The van der Waals surface area contributed by atoms with E-state index in [1.165, 1.54) is 0 Å². The summed E-state index contributed by atoms with van der Waals surface area (Å²) in [7, 11) is 0. The molecule has 0 saturated carbocycles. The Balaban J connectivity index is 1.67. The van der Waals surface area contributed by atoms with E-state index in [2.05, 4.69) is 49.5 Å². The van der Waals surface area contributed by atoms with Gasteiger partial charge in [-0.3, -0.25) is 0 Å². The van der Waals surface area contributed by atoms with Gasteiger partial charge in [0.05, 0.1) is 11.4 Å². The molecule has 0 bridgehead atoms. The molecule has 0 unspecified atom stereocenters. The van der Waals surface area contributed by atoms with Crippen LogP contribution in [-0.2, 0) is 0 Å². The van der Waals surface area contributed by atoms with Crippen molar-refractivity contribution in [2.45, 2.75) is 6.92 Å². The van der Waals surface area contributed by atoms with Crippen LogP contribution in [0.25, 0.3) is 38.6 Å². The average molecular weight is 422 g/mol. The predicted octanol–water partition coefficient (Wildman–Crippen LogP) is 5.14. The molecule has 4 aromatic heterocycles. The monoisotopic (exact) mass is 421 g/mol. The van der Waals surface area contributed by atoms with Gasteiger partial charge < -0.3 is 0 Å². The average Bonchev–Trinajstić information content (AvgIpc) is 3.22.